The minimum Gasteiger partial charge on any atom is -0.356 e. The van der Waals surface area contributed by atoms with Crippen molar-refractivity contribution in [3.63, 3.8) is 0 Å². The summed E-state index contributed by atoms with van der Waals surface area (Å²) in [5, 5.41) is 3.76. The van der Waals surface area contributed by atoms with Crippen LogP contribution in [0.2, 0.25) is 0 Å². The fourth-order valence-corrected chi connectivity index (χ4v) is 4.04. The van der Waals surface area contributed by atoms with Crippen molar-refractivity contribution < 1.29 is 4.79 Å². The summed E-state index contributed by atoms with van der Waals surface area (Å²) in [4.78, 5) is 31.9. The van der Waals surface area contributed by atoms with Crippen molar-refractivity contribution in [3.05, 3.63) is 22.1 Å². The summed E-state index contributed by atoms with van der Waals surface area (Å²) >= 11 is 1.50. The monoisotopic (exact) mass is 380 g/mol. The molecule has 1 N–H and O–H groups in total. The lowest BCUT2D eigenvalue weighted by Crippen LogP contribution is -2.41. The lowest BCUT2D eigenvalue weighted by Gasteiger charge is -2.26. The van der Waals surface area contributed by atoms with Crippen molar-refractivity contribution in [3.8, 4) is 0 Å². The molecule has 1 amide bonds. The number of aromatic nitrogens is 2. The summed E-state index contributed by atoms with van der Waals surface area (Å²) < 4.78 is 1.64. The lowest BCUT2D eigenvalue weighted by molar-refractivity contribution is -0.124. The molecule has 0 saturated heterocycles. The SMILES string of the molecule is CCN(CC)CCCNC(=O)C1CSc2nc(C(C)(C)C)cc(=O)n2C1. The van der Waals surface area contributed by atoms with Gasteiger partial charge in [-0.3, -0.25) is 14.2 Å². The van der Waals surface area contributed by atoms with E-state index in [0.717, 1.165) is 36.9 Å². The minimum absolute atomic E-state index is 0.0366. The summed E-state index contributed by atoms with van der Waals surface area (Å²) in [6.45, 7) is 14.6. The molecule has 0 radical (unpaired) electrons. The number of rotatable bonds is 7. The Morgan fingerprint density at radius 3 is 2.69 bits per heavy atom. The highest BCUT2D eigenvalue weighted by Crippen LogP contribution is 2.27. The molecule has 0 spiro atoms. The molecule has 1 aromatic heterocycles. The number of nitrogens with one attached hydrogen (secondary N) is 1. The third kappa shape index (κ3) is 5.33. The topological polar surface area (TPSA) is 67.2 Å². The molecule has 0 saturated carbocycles. The van der Waals surface area contributed by atoms with Crippen molar-refractivity contribution in [2.75, 3.05) is 31.9 Å². The Balaban J connectivity index is 1.93. The van der Waals surface area contributed by atoms with Crippen LogP contribution in [0.15, 0.2) is 16.0 Å². The van der Waals surface area contributed by atoms with Crippen LogP contribution in [-0.2, 0) is 16.8 Å². The number of fused-ring (bicyclic) bond motifs is 1. The Labute approximate surface area is 160 Å². The Morgan fingerprint density at radius 1 is 1.38 bits per heavy atom. The summed E-state index contributed by atoms with van der Waals surface area (Å²) in [5.41, 5.74) is 0.584. The second kappa shape index (κ2) is 9.04. The van der Waals surface area contributed by atoms with E-state index in [1.165, 1.54) is 11.8 Å². The molecule has 26 heavy (non-hydrogen) atoms. The molecule has 0 bridgehead atoms. The predicted molar refractivity (Wildman–Crippen MR) is 107 cm³/mol. The Kier molecular flexibility index (Phi) is 7.29. The van der Waals surface area contributed by atoms with E-state index < -0.39 is 0 Å². The van der Waals surface area contributed by atoms with Gasteiger partial charge in [0.2, 0.25) is 5.91 Å². The van der Waals surface area contributed by atoms with Gasteiger partial charge in [-0.2, -0.15) is 0 Å². The van der Waals surface area contributed by atoms with Crippen molar-refractivity contribution in [1.29, 1.82) is 0 Å². The van der Waals surface area contributed by atoms with E-state index in [2.05, 4.69) is 29.0 Å². The van der Waals surface area contributed by atoms with Gasteiger partial charge in [-0.15, -0.1) is 0 Å². The van der Waals surface area contributed by atoms with Crippen LogP contribution in [0.25, 0.3) is 0 Å². The average Bonchev–Trinajstić information content (AvgIpc) is 2.60. The number of carbonyl (C=O) groups is 1. The Bertz CT molecular complexity index is 677. The second-order valence-corrected chi connectivity index (χ2v) is 8.79. The van der Waals surface area contributed by atoms with E-state index in [0.29, 0.717) is 18.8 Å². The van der Waals surface area contributed by atoms with E-state index in [9.17, 15) is 9.59 Å². The normalized spacial score (nSPS) is 17.2. The van der Waals surface area contributed by atoms with E-state index in [1.54, 1.807) is 10.6 Å². The van der Waals surface area contributed by atoms with Gasteiger partial charge in [-0.25, -0.2) is 4.98 Å². The summed E-state index contributed by atoms with van der Waals surface area (Å²) in [5.74, 6) is 0.525. The van der Waals surface area contributed by atoms with Gasteiger partial charge < -0.3 is 10.2 Å². The van der Waals surface area contributed by atoms with Crippen molar-refractivity contribution in [2.45, 2.75) is 58.2 Å². The van der Waals surface area contributed by atoms with Gasteiger partial charge in [0.25, 0.3) is 5.56 Å². The first-order valence-corrected chi connectivity index (χ1v) is 10.5. The molecule has 1 atom stereocenters. The molecule has 0 fully saturated rings. The summed E-state index contributed by atoms with van der Waals surface area (Å²) in [7, 11) is 0. The van der Waals surface area contributed by atoms with Crippen molar-refractivity contribution in [2.24, 2.45) is 5.92 Å². The maximum atomic E-state index is 12.5. The van der Waals surface area contributed by atoms with Crippen molar-refractivity contribution in [1.82, 2.24) is 19.8 Å². The largest absolute Gasteiger partial charge is 0.356 e. The summed E-state index contributed by atoms with van der Waals surface area (Å²) in [6, 6.07) is 1.61. The van der Waals surface area contributed by atoms with Crippen LogP contribution in [0.4, 0.5) is 0 Å². The molecular weight excluding hydrogens is 348 g/mol. The third-order valence-corrected chi connectivity index (χ3v) is 5.91. The number of nitrogens with zero attached hydrogens (tertiary/aromatic N) is 3. The van der Waals surface area contributed by atoms with Crippen LogP contribution in [0.3, 0.4) is 0 Å². The molecule has 2 rings (SSSR count). The maximum absolute atomic E-state index is 12.5. The van der Waals surface area contributed by atoms with Crippen LogP contribution in [0.5, 0.6) is 0 Å². The molecule has 0 aromatic carbocycles. The van der Waals surface area contributed by atoms with Crippen LogP contribution in [0, 0.1) is 5.92 Å². The first kappa shape index (κ1) is 21.0. The van der Waals surface area contributed by atoms with Crippen molar-refractivity contribution >= 4 is 17.7 Å². The number of carbonyl (C=O) groups excluding carboxylic acids is 1. The lowest BCUT2D eigenvalue weighted by atomic mass is 9.92. The standard InChI is InChI=1S/C19H32N4O2S/c1-6-22(7-2)10-8-9-20-17(25)14-12-23-16(24)11-15(19(3,4)5)21-18(23)26-13-14/h11,14H,6-10,12-13H2,1-5H3,(H,20,25). The minimum atomic E-state index is -0.180. The Hall–Kier alpha value is -1.34. The smallest absolute Gasteiger partial charge is 0.254 e. The molecule has 6 nitrogen and oxygen atoms in total. The fraction of sp³-hybridized carbons (Fsp3) is 0.737. The number of amides is 1. The van der Waals surface area contributed by atoms with E-state index in [-0.39, 0.29) is 22.8 Å². The fourth-order valence-electron chi connectivity index (χ4n) is 2.95. The highest BCUT2D eigenvalue weighted by Gasteiger charge is 2.28. The zero-order chi connectivity index (χ0) is 19.3. The Morgan fingerprint density at radius 2 is 2.08 bits per heavy atom. The molecular formula is C19H32N4O2S. The van der Waals surface area contributed by atoms with E-state index >= 15 is 0 Å². The molecule has 0 aliphatic carbocycles. The number of hydrogen-bond acceptors (Lipinski definition) is 5. The van der Waals surface area contributed by atoms with Crippen LogP contribution in [-0.4, -0.2) is 52.3 Å². The number of hydrogen-bond donors (Lipinski definition) is 1. The van der Waals surface area contributed by atoms with Crippen LogP contribution in [0.1, 0.15) is 46.7 Å². The quantitative estimate of drug-likeness (QED) is 0.580. The van der Waals surface area contributed by atoms with Gasteiger partial charge in [0.05, 0.1) is 11.6 Å². The van der Waals surface area contributed by atoms with Gasteiger partial charge in [-0.1, -0.05) is 46.4 Å². The maximum Gasteiger partial charge on any atom is 0.254 e. The molecule has 1 aliphatic heterocycles. The first-order valence-electron chi connectivity index (χ1n) is 9.51. The highest BCUT2D eigenvalue weighted by atomic mass is 32.2. The zero-order valence-corrected chi connectivity index (χ0v) is 17.5. The predicted octanol–water partition coefficient (Wildman–Crippen LogP) is 2.11. The molecule has 2 heterocycles. The van der Waals surface area contributed by atoms with Crippen LogP contribution >= 0.6 is 11.8 Å². The van der Waals surface area contributed by atoms with Gasteiger partial charge in [0.15, 0.2) is 5.16 Å². The zero-order valence-electron chi connectivity index (χ0n) is 16.7. The summed E-state index contributed by atoms with van der Waals surface area (Å²) in [6.07, 6.45) is 0.945. The highest BCUT2D eigenvalue weighted by molar-refractivity contribution is 7.99. The van der Waals surface area contributed by atoms with E-state index in [4.69, 9.17) is 0 Å². The molecule has 1 aromatic rings. The van der Waals surface area contributed by atoms with Gasteiger partial charge in [-0.05, 0) is 26.1 Å². The van der Waals surface area contributed by atoms with Gasteiger partial charge in [0.1, 0.15) is 0 Å². The molecule has 7 heteroatoms. The average molecular weight is 381 g/mol. The second-order valence-electron chi connectivity index (χ2n) is 7.80. The van der Waals surface area contributed by atoms with Gasteiger partial charge >= 0.3 is 0 Å². The molecule has 146 valence electrons. The third-order valence-electron chi connectivity index (χ3n) is 4.77. The number of thioether (sulfide) groups is 1. The van der Waals surface area contributed by atoms with Gasteiger partial charge in [0, 0.05) is 30.3 Å². The van der Waals surface area contributed by atoms with E-state index in [1.807, 2.05) is 20.8 Å². The molecule has 1 aliphatic rings. The first-order chi connectivity index (χ1) is 12.3. The van der Waals surface area contributed by atoms with Crippen LogP contribution < -0.4 is 10.9 Å². The molecule has 1 unspecified atom stereocenters.